The number of Topliss-reactive ketones (excluding diaryl/α,β-unsaturated/α-hetero) is 1. The second kappa shape index (κ2) is 20.7. The standard InChI is InChI=1S/C42H58N6O9/c1-26(2)25-56-41(55)47-35(29-19-13-8-14-20-29)40(54)48-24-30(57-42(3,4)5)22-32(48)38(52)45-31(21-27-15-9-6-10-16-27)36(50)39(53)44-23-33(49)46-34(37(43)51)28-17-11-7-12-18-28/h6-7,9-12,15-18,26,29-32,34-35H,8,13-14,19-25H2,1-5H3,(H2,43,51)(H,44,53)(H,45,52)(H,46,49)(H,47,55)/t30-,31?,32+,34+,35+/m1/s1. The highest BCUT2D eigenvalue weighted by atomic mass is 16.5. The minimum Gasteiger partial charge on any atom is -0.449 e. The maximum atomic E-state index is 14.5. The molecule has 57 heavy (non-hydrogen) atoms. The van der Waals surface area contributed by atoms with E-state index in [0.29, 0.717) is 24.0 Å². The zero-order valence-electron chi connectivity index (χ0n) is 33.6. The van der Waals surface area contributed by atoms with Crippen molar-refractivity contribution in [2.75, 3.05) is 19.7 Å². The highest BCUT2D eigenvalue weighted by molar-refractivity contribution is 6.38. The van der Waals surface area contributed by atoms with E-state index in [4.69, 9.17) is 15.2 Å². The molecule has 2 aromatic rings. The van der Waals surface area contributed by atoms with Crippen LogP contribution in [0.2, 0.25) is 0 Å². The lowest BCUT2D eigenvalue weighted by molar-refractivity contribution is -0.143. The number of primary amides is 1. The minimum atomic E-state index is -1.39. The molecular formula is C42H58N6O9. The van der Waals surface area contributed by atoms with Crippen LogP contribution in [-0.4, -0.2) is 95.8 Å². The highest BCUT2D eigenvalue weighted by Gasteiger charge is 2.46. The third kappa shape index (κ3) is 13.7. The summed E-state index contributed by atoms with van der Waals surface area (Å²) in [5.74, 6) is -4.98. The van der Waals surface area contributed by atoms with Gasteiger partial charge < -0.3 is 41.4 Å². The predicted octanol–water partition coefficient (Wildman–Crippen LogP) is 2.86. The van der Waals surface area contributed by atoms with Gasteiger partial charge in [0.05, 0.1) is 24.9 Å². The number of nitrogens with one attached hydrogen (secondary N) is 4. The molecule has 310 valence electrons. The number of carbonyl (C=O) groups is 7. The van der Waals surface area contributed by atoms with Crippen molar-refractivity contribution in [1.29, 1.82) is 0 Å². The van der Waals surface area contributed by atoms with Crippen molar-refractivity contribution in [3.8, 4) is 0 Å². The van der Waals surface area contributed by atoms with Gasteiger partial charge in [0.25, 0.3) is 5.91 Å². The molecule has 2 aliphatic rings. The Kier molecular flexibility index (Phi) is 16.2. The number of nitrogens with two attached hydrogens (primary N) is 1. The summed E-state index contributed by atoms with van der Waals surface area (Å²) in [6, 6.07) is 12.5. The molecule has 0 bridgehead atoms. The van der Waals surface area contributed by atoms with E-state index >= 15 is 0 Å². The summed E-state index contributed by atoms with van der Waals surface area (Å²) < 4.78 is 11.7. The fourth-order valence-electron chi connectivity index (χ4n) is 7.22. The monoisotopic (exact) mass is 790 g/mol. The van der Waals surface area contributed by atoms with Gasteiger partial charge in [0, 0.05) is 19.4 Å². The van der Waals surface area contributed by atoms with Gasteiger partial charge in [-0.1, -0.05) is 93.8 Å². The third-order valence-corrected chi connectivity index (χ3v) is 9.85. The van der Waals surface area contributed by atoms with Crippen LogP contribution in [0.1, 0.15) is 90.3 Å². The van der Waals surface area contributed by atoms with Crippen molar-refractivity contribution in [2.45, 2.75) is 115 Å². The molecule has 4 rings (SSSR count). The zero-order chi connectivity index (χ0) is 41.7. The van der Waals surface area contributed by atoms with E-state index in [1.54, 1.807) is 60.7 Å². The van der Waals surface area contributed by atoms with Crippen LogP contribution < -0.4 is 27.0 Å². The number of amides is 6. The van der Waals surface area contributed by atoms with Crippen LogP contribution >= 0.6 is 0 Å². The summed E-state index contributed by atoms with van der Waals surface area (Å²) in [6.07, 6.45) is 2.99. The number of nitrogens with zero attached hydrogens (tertiary/aromatic N) is 1. The Morgan fingerprint density at radius 1 is 0.860 bits per heavy atom. The first-order valence-corrected chi connectivity index (χ1v) is 19.7. The first kappa shape index (κ1) is 44.4. The Morgan fingerprint density at radius 3 is 2.09 bits per heavy atom. The molecule has 0 radical (unpaired) electrons. The van der Waals surface area contributed by atoms with E-state index < -0.39 is 83.8 Å². The van der Waals surface area contributed by atoms with Gasteiger partial charge in [-0.3, -0.25) is 28.8 Å². The van der Waals surface area contributed by atoms with Crippen LogP contribution in [0, 0.1) is 11.8 Å². The Morgan fingerprint density at radius 2 is 1.49 bits per heavy atom. The smallest absolute Gasteiger partial charge is 0.407 e. The number of carbonyl (C=O) groups excluding carboxylic acids is 7. The summed E-state index contributed by atoms with van der Waals surface area (Å²) in [4.78, 5) is 95.2. The molecule has 1 aliphatic carbocycles. The summed E-state index contributed by atoms with van der Waals surface area (Å²) in [7, 11) is 0. The Balaban J connectivity index is 1.54. The number of ketones is 1. The number of rotatable bonds is 17. The quantitative estimate of drug-likeness (QED) is 0.149. The van der Waals surface area contributed by atoms with E-state index in [-0.39, 0.29) is 37.8 Å². The van der Waals surface area contributed by atoms with Crippen LogP contribution in [0.15, 0.2) is 60.7 Å². The lowest BCUT2D eigenvalue weighted by Gasteiger charge is -2.34. The topological polar surface area (TPSA) is 215 Å². The van der Waals surface area contributed by atoms with Gasteiger partial charge in [0.15, 0.2) is 0 Å². The summed E-state index contributed by atoms with van der Waals surface area (Å²) in [6.45, 7) is 8.99. The molecule has 1 unspecified atom stereocenters. The van der Waals surface area contributed by atoms with Crippen molar-refractivity contribution in [3.05, 3.63) is 71.8 Å². The molecule has 6 N–H and O–H groups in total. The fourth-order valence-corrected chi connectivity index (χ4v) is 7.22. The molecule has 2 aromatic carbocycles. The van der Waals surface area contributed by atoms with Crippen LogP contribution in [0.5, 0.6) is 0 Å². The summed E-state index contributed by atoms with van der Waals surface area (Å²) in [5.41, 5.74) is 5.98. The van der Waals surface area contributed by atoms with Gasteiger partial charge in [-0.25, -0.2) is 4.79 Å². The Hall–Kier alpha value is -5.31. The van der Waals surface area contributed by atoms with Gasteiger partial charge in [-0.05, 0) is 56.6 Å². The van der Waals surface area contributed by atoms with Crippen molar-refractivity contribution >= 4 is 41.4 Å². The second-order valence-electron chi connectivity index (χ2n) is 16.2. The van der Waals surface area contributed by atoms with Gasteiger partial charge in [0.1, 0.15) is 24.2 Å². The van der Waals surface area contributed by atoms with Crippen LogP contribution in [0.3, 0.4) is 0 Å². The number of likely N-dealkylation sites (tertiary alicyclic amines) is 1. The molecule has 5 atom stereocenters. The summed E-state index contributed by atoms with van der Waals surface area (Å²) >= 11 is 0. The zero-order valence-corrected chi connectivity index (χ0v) is 33.6. The molecule has 6 amide bonds. The van der Waals surface area contributed by atoms with E-state index in [2.05, 4.69) is 21.3 Å². The average molecular weight is 791 g/mol. The number of hydrogen-bond acceptors (Lipinski definition) is 9. The van der Waals surface area contributed by atoms with E-state index in [1.165, 1.54) is 4.90 Å². The highest BCUT2D eigenvalue weighted by Crippen LogP contribution is 2.31. The van der Waals surface area contributed by atoms with Gasteiger partial charge >= 0.3 is 6.09 Å². The average Bonchev–Trinajstić information content (AvgIpc) is 3.60. The number of ether oxygens (including phenoxy) is 2. The maximum absolute atomic E-state index is 14.5. The molecule has 15 heteroatoms. The molecule has 2 fully saturated rings. The van der Waals surface area contributed by atoms with E-state index in [0.717, 1.165) is 19.3 Å². The van der Waals surface area contributed by atoms with Gasteiger partial charge in [-0.15, -0.1) is 0 Å². The SMILES string of the molecule is CC(C)COC(=O)N[C@H](C(=O)N1C[C@H](OC(C)(C)C)C[C@H]1C(=O)NC(Cc1ccccc1)C(=O)C(=O)NCC(=O)N[C@H](C(N)=O)c1ccccc1)C1CCCCC1. The molecule has 0 spiro atoms. The second-order valence-corrected chi connectivity index (χ2v) is 16.2. The minimum absolute atomic E-state index is 0.0578. The van der Waals surface area contributed by atoms with Crippen molar-refractivity contribution in [2.24, 2.45) is 17.6 Å². The Labute approximate surface area is 334 Å². The summed E-state index contributed by atoms with van der Waals surface area (Å²) in [5, 5.41) is 10.3. The largest absolute Gasteiger partial charge is 0.449 e. The molecule has 1 heterocycles. The molecule has 1 saturated carbocycles. The third-order valence-electron chi connectivity index (χ3n) is 9.85. The maximum Gasteiger partial charge on any atom is 0.407 e. The van der Waals surface area contributed by atoms with Crippen LogP contribution in [0.4, 0.5) is 4.79 Å². The van der Waals surface area contributed by atoms with Crippen LogP contribution in [-0.2, 0) is 44.7 Å². The lowest BCUT2D eigenvalue weighted by Crippen LogP contribution is -2.58. The Bertz CT molecular complexity index is 1710. The van der Waals surface area contributed by atoms with Crippen molar-refractivity contribution in [1.82, 2.24) is 26.2 Å². The predicted molar refractivity (Wildman–Crippen MR) is 211 cm³/mol. The number of benzene rings is 2. The first-order chi connectivity index (χ1) is 27.0. The van der Waals surface area contributed by atoms with E-state index in [1.807, 2.05) is 34.6 Å². The van der Waals surface area contributed by atoms with Gasteiger partial charge in [-0.2, -0.15) is 0 Å². The molecule has 0 aromatic heterocycles. The number of hydrogen-bond donors (Lipinski definition) is 5. The normalized spacial score (nSPS) is 18.8. The van der Waals surface area contributed by atoms with E-state index in [9.17, 15) is 33.6 Å². The first-order valence-electron chi connectivity index (χ1n) is 19.7. The lowest BCUT2D eigenvalue weighted by atomic mass is 9.83. The molecule has 1 saturated heterocycles. The molecule has 1 aliphatic heterocycles. The van der Waals surface area contributed by atoms with Crippen molar-refractivity contribution < 1.29 is 43.0 Å². The van der Waals surface area contributed by atoms with Gasteiger partial charge in [0.2, 0.25) is 29.4 Å². The fraction of sp³-hybridized carbons (Fsp3) is 0.548. The van der Waals surface area contributed by atoms with Crippen LogP contribution in [0.25, 0.3) is 0 Å². The molecular weight excluding hydrogens is 732 g/mol. The molecule has 15 nitrogen and oxygen atoms in total. The van der Waals surface area contributed by atoms with Crippen molar-refractivity contribution in [3.63, 3.8) is 0 Å². The number of alkyl carbamates (subject to hydrolysis) is 1.